The molecular weight excluding hydrogens is 570 g/mol. The third-order valence-corrected chi connectivity index (χ3v) is 8.10. The Kier molecular flexibility index (Phi) is 7.69. The maximum absolute atomic E-state index is 14.5. The minimum absolute atomic E-state index is 0.0433. The molecule has 3 heterocycles. The quantitative estimate of drug-likeness (QED) is 0.301. The SMILES string of the molecule is COC(=O)c1ccccc1NC(=O)c1ccc(N2CC3CC(C2)c2cccc(=O)n2C3)c(NC(=O)c2c(F)cccc2F)c1. The summed E-state index contributed by atoms with van der Waals surface area (Å²) in [6, 6.07) is 19.4. The number of carbonyl (C=O) groups excluding carboxylic acids is 3. The van der Waals surface area contributed by atoms with E-state index < -0.39 is 35.0 Å². The van der Waals surface area contributed by atoms with E-state index in [-0.39, 0.29) is 39.9 Å². The summed E-state index contributed by atoms with van der Waals surface area (Å²) in [7, 11) is 1.23. The molecule has 0 aliphatic carbocycles. The van der Waals surface area contributed by atoms with Crippen LogP contribution >= 0.6 is 0 Å². The molecule has 0 spiro atoms. The van der Waals surface area contributed by atoms with Crippen LogP contribution < -0.4 is 21.1 Å². The van der Waals surface area contributed by atoms with Crippen LogP contribution in [0.3, 0.4) is 0 Å². The number of hydrogen-bond acceptors (Lipinski definition) is 6. The molecule has 2 aliphatic rings. The zero-order chi connectivity index (χ0) is 31.0. The molecule has 44 heavy (non-hydrogen) atoms. The Morgan fingerprint density at radius 3 is 2.32 bits per heavy atom. The van der Waals surface area contributed by atoms with Crippen molar-refractivity contribution in [3.63, 3.8) is 0 Å². The summed E-state index contributed by atoms with van der Waals surface area (Å²) < 4.78 is 35.7. The van der Waals surface area contributed by atoms with E-state index in [2.05, 4.69) is 15.5 Å². The van der Waals surface area contributed by atoms with E-state index in [4.69, 9.17) is 4.74 Å². The van der Waals surface area contributed by atoms with E-state index in [1.54, 1.807) is 47.0 Å². The van der Waals surface area contributed by atoms with Crippen molar-refractivity contribution in [1.29, 1.82) is 0 Å². The Morgan fingerprint density at radius 1 is 0.818 bits per heavy atom. The van der Waals surface area contributed by atoms with E-state index in [0.29, 0.717) is 25.3 Å². The molecule has 3 aromatic carbocycles. The number of aromatic nitrogens is 1. The number of piperidine rings is 1. The molecule has 6 rings (SSSR count). The van der Waals surface area contributed by atoms with E-state index in [1.807, 2.05) is 6.07 Å². The molecule has 2 N–H and O–H groups in total. The molecule has 224 valence electrons. The minimum Gasteiger partial charge on any atom is -0.465 e. The highest BCUT2D eigenvalue weighted by molar-refractivity contribution is 6.11. The Bertz CT molecular complexity index is 1840. The summed E-state index contributed by atoms with van der Waals surface area (Å²) in [5.74, 6) is -4.07. The smallest absolute Gasteiger partial charge is 0.339 e. The Labute approximate surface area is 251 Å². The van der Waals surface area contributed by atoms with Gasteiger partial charge in [-0.05, 0) is 60.9 Å². The maximum Gasteiger partial charge on any atom is 0.339 e. The lowest BCUT2D eigenvalue weighted by atomic mass is 9.83. The highest BCUT2D eigenvalue weighted by Crippen LogP contribution is 2.39. The molecule has 2 aliphatic heterocycles. The average molecular weight is 599 g/mol. The number of pyridine rings is 1. The molecule has 0 radical (unpaired) electrons. The number of halogens is 2. The van der Waals surface area contributed by atoms with Crippen LogP contribution in [0, 0.1) is 17.6 Å². The number of hydrogen-bond donors (Lipinski definition) is 2. The van der Waals surface area contributed by atoms with Gasteiger partial charge in [0.1, 0.15) is 17.2 Å². The number of esters is 1. The van der Waals surface area contributed by atoms with E-state index in [0.717, 1.165) is 24.2 Å². The molecule has 1 aromatic heterocycles. The molecule has 2 amide bonds. The van der Waals surface area contributed by atoms with Gasteiger partial charge in [0.15, 0.2) is 0 Å². The Balaban J connectivity index is 1.36. The number of rotatable bonds is 6. The first-order chi connectivity index (χ1) is 21.2. The van der Waals surface area contributed by atoms with Crippen LogP contribution in [-0.4, -0.2) is 42.6 Å². The first-order valence-electron chi connectivity index (χ1n) is 14.1. The van der Waals surface area contributed by atoms with Gasteiger partial charge in [-0.25, -0.2) is 13.6 Å². The fourth-order valence-electron chi connectivity index (χ4n) is 6.12. The van der Waals surface area contributed by atoms with Crippen molar-refractivity contribution in [2.45, 2.75) is 18.9 Å². The molecule has 1 saturated heterocycles. The van der Waals surface area contributed by atoms with Gasteiger partial charge in [-0.1, -0.05) is 24.3 Å². The topological polar surface area (TPSA) is 110 Å². The second kappa shape index (κ2) is 11.8. The fourth-order valence-corrected chi connectivity index (χ4v) is 6.12. The van der Waals surface area contributed by atoms with E-state index in [1.165, 1.54) is 25.3 Å². The molecule has 1 fully saturated rings. The van der Waals surface area contributed by atoms with Gasteiger partial charge in [-0.15, -0.1) is 0 Å². The standard InChI is InChI=1S/C33H28F2N4O5/c1-44-33(43)22-6-2-3-9-25(22)36-31(41)20-12-13-28(26(15-20)37-32(42)30-23(34)7-4-8-24(30)35)38-16-19-14-21(18-38)27-10-5-11-29(40)39(27)17-19/h2-13,15,19,21H,14,16-18H2,1H3,(H,36,41)(H,37,42). The molecule has 2 atom stereocenters. The number of fused-ring (bicyclic) bond motifs is 4. The van der Waals surface area contributed by atoms with Crippen molar-refractivity contribution in [2.75, 3.05) is 35.7 Å². The van der Waals surface area contributed by atoms with Crippen LogP contribution in [-0.2, 0) is 11.3 Å². The summed E-state index contributed by atoms with van der Waals surface area (Å²) in [6.07, 6.45) is 0.891. The predicted molar refractivity (Wildman–Crippen MR) is 160 cm³/mol. The van der Waals surface area contributed by atoms with Gasteiger partial charge in [0.25, 0.3) is 17.4 Å². The van der Waals surface area contributed by atoms with Crippen molar-refractivity contribution in [3.05, 3.63) is 123 Å². The molecular formula is C33H28F2N4O5. The summed E-state index contributed by atoms with van der Waals surface area (Å²) >= 11 is 0. The highest BCUT2D eigenvalue weighted by Gasteiger charge is 2.35. The van der Waals surface area contributed by atoms with Gasteiger partial charge in [0.05, 0.1) is 29.7 Å². The van der Waals surface area contributed by atoms with Gasteiger partial charge in [-0.3, -0.25) is 14.4 Å². The van der Waals surface area contributed by atoms with Gasteiger partial charge < -0.3 is 24.8 Å². The van der Waals surface area contributed by atoms with Crippen LogP contribution in [0.1, 0.15) is 49.1 Å². The van der Waals surface area contributed by atoms with Crippen LogP contribution in [0.5, 0.6) is 0 Å². The second-order valence-corrected chi connectivity index (χ2v) is 10.9. The number of para-hydroxylation sites is 1. The van der Waals surface area contributed by atoms with Gasteiger partial charge in [-0.2, -0.15) is 0 Å². The van der Waals surface area contributed by atoms with Crippen molar-refractivity contribution >= 4 is 34.8 Å². The number of nitrogens with one attached hydrogen (secondary N) is 2. The zero-order valence-electron chi connectivity index (χ0n) is 23.7. The molecule has 0 saturated carbocycles. The zero-order valence-corrected chi connectivity index (χ0v) is 23.7. The number of amides is 2. The minimum atomic E-state index is -1.02. The van der Waals surface area contributed by atoms with E-state index >= 15 is 0 Å². The Hall–Kier alpha value is -5.32. The van der Waals surface area contributed by atoms with Crippen molar-refractivity contribution in [3.8, 4) is 0 Å². The van der Waals surface area contributed by atoms with E-state index in [9.17, 15) is 28.0 Å². The summed E-state index contributed by atoms with van der Waals surface area (Å²) in [5.41, 5.74) is 1.39. The maximum atomic E-state index is 14.5. The van der Waals surface area contributed by atoms with Crippen molar-refractivity contribution in [1.82, 2.24) is 4.57 Å². The molecule has 4 aromatic rings. The number of benzene rings is 3. The molecule has 11 heteroatoms. The summed E-state index contributed by atoms with van der Waals surface area (Å²) in [6.45, 7) is 1.63. The third kappa shape index (κ3) is 5.44. The molecule has 9 nitrogen and oxygen atoms in total. The first-order valence-corrected chi connectivity index (χ1v) is 14.1. The van der Waals surface area contributed by atoms with Gasteiger partial charge in [0.2, 0.25) is 0 Å². The number of methoxy groups -OCH3 is 1. The summed E-state index contributed by atoms with van der Waals surface area (Å²) in [4.78, 5) is 53.3. The fraction of sp³-hybridized carbons (Fsp3) is 0.212. The average Bonchev–Trinajstić information content (AvgIpc) is 3.01. The summed E-state index contributed by atoms with van der Waals surface area (Å²) in [5, 5.41) is 5.33. The van der Waals surface area contributed by atoms with Crippen molar-refractivity contribution in [2.24, 2.45) is 5.92 Å². The second-order valence-electron chi connectivity index (χ2n) is 10.9. The van der Waals surface area contributed by atoms with Gasteiger partial charge in [0, 0.05) is 42.9 Å². The van der Waals surface area contributed by atoms with Crippen LogP contribution in [0.25, 0.3) is 0 Å². The number of anilines is 3. The lowest BCUT2D eigenvalue weighted by Crippen LogP contribution is -2.47. The van der Waals surface area contributed by atoms with Crippen LogP contribution in [0.15, 0.2) is 83.7 Å². The predicted octanol–water partition coefficient (Wildman–Crippen LogP) is 5.04. The monoisotopic (exact) mass is 598 g/mol. The number of ether oxygens (including phenoxy) is 1. The number of nitrogens with zero attached hydrogens (tertiary/aromatic N) is 2. The lowest BCUT2D eigenvalue weighted by molar-refractivity contribution is 0.0601. The van der Waals surface area contributed by atoms with Crippen LogP contribution in [0.4, 0.5) is 25.8 Å². The molecule has 2 bridgehead atoms. The first kappa shape index (κ1) is 28.8. The van der Waals surface area contributed by atoms with Crippen molar-refractivity contribution < 1.29 is 27.9 Å². The Morgan fingerprint density at radius 2 is 1.55 bits per heavy atom. The van der Waals surface area contributed by atoms with Crippen LogP contribution in [0.2, 0.25) is 0 Å². The largest absolute Gasteiger partial charge is 0.465 e. The lowest BCUT2D eigenvalue weighted by Gasteiger charge is -2.44. The number of carbonyl (C=O) groups is 3. The van der Waals surface area contributed by atoms with Gasteiger partial charge >= 0.3 is 5.97 Å². The third-order valence-electron chi connectivity index (χ3n) is 8.10. The molecule has 2 unspecified atom stereocenters. The highest BCUT2D eigenvalue weighted by atomic mass is 19.1. The normalized spacial score (nSPS) is 16.9.